The first-order chi connectivity index (χ1) is 5.29. The summed E-state index contributed by atoms with van der Waals surface area (Å²) in [5, 5.41) is 2.20. The summed E-state index contributed by atoms with van der Waals surface area (Å²) in [6.45, 7) is 0. The number of rotatable bonds is 0. The molecular formula is C8H5CaNO2. The molecule has 0 aromatic heterocycles. The van der Waals surface area contributed by atoms with Crippen molar-refractivity contribution in [2.75, 3.05) is 0 Å². The molecule has 0 aliphatic carbocycles. The molecule has 3 nitrogen and oxygen atoms in total. The van der Waals surface area contributed by atoms with Gasteiger partial charge in [0.25, 0.3) is 11.8 Å². The van der Waals surface area contributed by atoms with Crippen LogP contribution in [0.1, 0.15) is 20.7 Å². The van der Waals surface area contributed by atoms with Crippen molar-refractivity contribution in [3.63, 3.8) is 0 Å². The fraction of sp³-hybridized carbons (Fsp3) is 0. The number of carbonyl (C=O) groups excluding carboxylic acids is 2. The smallest absolute Gasteiger partial charge is 0.258 e. The molecule has 2 amide bonds. The third-order valence-corrected chi connectivity index (χ3v) is 1.64. The summed E-state index contributed by atoms with van der Waals surface area (Å²) in [7, 11) is 0. The van der Waals surface area contributed by atoms with E-state index in [1.165, 1.54) is 0 Å². The molecule has 12 heavy (non-hydrogen) atoms. The number of hydrogen-bond donors (Lipinski definition) is 1. The molecule has 0 saturated heterocycles. The monoisotopic (exact) mass is 187 g/mol. The Kier molecular flexibility index (Phi) is 2.88. The van der Waals surface area contributed by atoms with Crippen LogP contribution < -0.4 is 5.32 Å². The molecule has 1 aliphatic rings. The zero-order valence-electron chi connectivity index (χ0n) is 6.33. The first-order valence-electron chi connectivity index (χ1n) is 3.24. The largest absolute Gasteiger partial charge is 0.288 e. The van der Waals surface area contributed by atoms with E-state index >= 15 is 0 Å². The second kappa shape index (κ2) is 3.56. The Morgan fingerprint density at radius 1 is 0.917 bits per heavy atom. The Labute approximate surface area is 99.1 Å². The van der Waals surface area contributed by atoms with Crippen LogP contribution >= 0.6 is 0 Å². The van der Waals surface area contributed by atoms with Gasteiger partial charge in [0.2, 0.25) is 0 Å². The van der Waals surface area contributed by atoms with E-state index in [2.05, 4.69) is 5.32 Å². The van der Waals surface area contributed by atoms with Crippen molar-refractivity contribution in [2.45, 2.75) is 0 Å². The van der Waals surface area contributed by atoms with Gasteiger partial charge in [-0.3, -0.25) is 14.9 Å². The zero-order chi connectivity index (χ0) is 7.84. The molecule has 4 heteroatoms. The number of amides is 2. The maximum absolute atomic E-state index is 10.9. The Morgan fingerprint density at radius 2 is 1.33 bits per heavy atom. The Morgan fingerprint density at radius 3 is 1.75 bits per heavy atom. The van der Waals surface area contributed by atoms with E-state index in [1.54, 1.807) is 24.3 Å². The van der Waals surface area contributed by atoms with Gasteiger partial charge in [0.1, 0.15) is 0 Å². The predicted molar refractivity (Wildman–Crippen MR) is 44.0 cm³/mol. The average Bonchev–Trinajstić information content (AvgIpc) is 2.30. The SMILES string of the molecule is O=C1NC(=O)c2ccccc21.[Ca]. The van der Waals surface area contributed by atoms with Crippen molar-refractivity contribution in [3.8, 4) is 0 Å². The van der Waals surface area contributed by atoms with Gasteiger partial charge in [-0.15, -0.1) is 0 Å². The summed E-state index contributed by atoms with van der Waals surface area (Å²) in [5.41, 5.74) is 0.940. The van der Waals surface area contributed by atoms with Gasteiger partial charge < -0.3 is 0 Å². The summed E-state index contributed by atoms with van der Waals surface area (Å²) in [6.07, 6.45) is 0. The molecular weight excluding hydrogens is 182 g/mol. The number of nitrogens with one attached hydrogen (secondary N) is 1. The minimum Gasteiger partial charge on any atom is -0.288 e. The van der Waals surface area contributed by atoms with Crippen molar-refractivity contribution in [2.24, 2.45) is 0 Å². The summed E-state index contributed by atoms with van der Waals surface area (Å²) in [6, 6.07) is 6.74. The van der Waals surface area contributed by atoms with Crippen molar-refractivity contribution in [1.29, 1.82) is 0 Å². The summed E-state index contributed by atoms with van der Waals surface area (Å²) in [4.78, 5) is 21.9. The predicted octanol–water partition coefficient (Wildman–Crippen LogP) is 0.189. The Hall–Kier alpha value is -0.380. The first kappa shape index (κ1) is 9.71. The average molecular weight is 187 g/mol. The summed E-state index contributed by atoms with van der Waals surface area (Å²) in [5.74, 6) is -0.601. The first-order valence-corrected chi connectivity index (χ1v) is 3.24. The van der Waals surface area contributed by atoms with Crippen LogP contribution in [0.15, 0.2) is 24.3 Å². The van der Waals surface area contributed by atoms with Gasteiger partial charge in [-0.1, -0.05) is 12.1 Å². The quantitative estimate of drug-likeness (QED) is 0.465. The van der Waals surface area contributed by atoms with Gasteiger partial charge in [0.15, 0.2) is 0 Å². The van der Waals surface area contributed by atoms with E-state index in [0.29, 0.717) is 11.1 Å². The van der Waals surface area contributed by atoms with Gasteiger partial charge in [-0.05, 0) is 12.1 Å². The number of fused-ring (bicyclic) bond motifs is 1. The molecule has 0 atom stereocenters. The molecule has 0 bridgehead atoms. The minimum absolute atomic E-state index is 0. The third kappa shape index (κ3) is 1.40. The molecule has 1 aromatic rings. The molecule has 0 unspecified atom stereocenters. The van der Waals surface area contributed by atoms with Gasteiger partial charge in [0, 0.05) is 37.7 Å². The normalized spacial score (nSPS) is 13.3. The second-order valence-electron chi connectivity index (χ2n) is 2.33. The van der Waals surface area contributed by atoms with Gasteiger partial charge in [-0.2, -0.15) is 0 Å². The number of benzene rings is 1. The van der Waals surface area contributed by atoms with Crippen LogP contribution in [-0.4, -0.2) is 49.6 Å². The van der Waals surface area contributed by atoms with Crippen LogP contribution in [0.3, 0.4) is 0 Å². The summed E-state index contributed by atoms with van der Waals surface area (Å²) < 4.78 is 0. The second-order valence-corrected chi connectivity index (χ2v) is 2.33. The van der Waals surface area contributed by atoms with Crippen LogP contribution in [0.4, 0.5) is 0 Å². The van der Waals surface area contributed by atoms with Crippen LogP contribution in [0, 0.1) is 0 Å². The maximum Gasteiger partial charge on any atom is 0.258 e. The molecule has 1 aliphatic heterocycles. The zero-order valence-corrected chi connectivity index (χ0v) is 8.54. The summed E-state index contributed by atoms with van der Waals surface area (Å²) >= 11 is 0. The Balaban J connectivity index is 0.000000720. The molecule has 1 aromatic carbocycles. The van der Waals surface area contributed by atoms with E-state index < -0.39 is 0 Å². The van der Waals surface area contributed by atoms with E-state index in [1.807, 2.05) is 0 Å². The number of imide groups is 1. The third-order valence-electron chi connectivity index (χ3n) is 1.64. The molecule has 1 N–H and O–H groups in total. The molecule has 2 rings (SSSR count). The fourth-order valence-electron chi connectivity index (χ4n) is 1.12. The van der Waals surface area contributed by atoms with Crippen molar-refractivity contribution in [3.05, 3.63) is 35.4 Å². The molecule has 0 spiro atoms. The van der Waals surface area contributed by atoms with Crippen LogP contribution in [0.2, 0.25) is 0 Å². The van der Waals surface area contributed by atoms with Crippen molar-refractivity contribution in [1.82, 2.24) is 5.32 Å². The van der Waals surface area contributed by atoms with Gasteiger partial charge in [-0.25, -0.2) is 0 Å². The van der Waals surface area contributed by atoms with Gasteiger partial charge in [0.05, 0.1) is 11.1 Å². The number of carbonyl (C=O) groups is 2. The molecule has 1 heterocycles. The standard InChI is InChI=1S/C8H5NO2.Ca/c10-7-5-3-1-2-4-6(5)8(11)9-7;/h1-4H,(H,9,10,11);. The van der Waals surface area contributed by atoms with Crippen LogP contribution in [-0.2, 0) is 0 Å². The van der Waals surface area contributed by atoms with Crippen molar-refractivity contribution < 1.29 is 9.59 Å². The molecule has 2 radical (unpaired) electrons. The van der Waals surface area contributed by atoms with E-state index in [9.17, 15) is 9.59 Å². The molecule has 0 saturated carbocycles. The van der Waals surface area contributed by atoms with Crippen molar-refractivity contribution >= 4 is 49.6 Å². The van der Waals surface area contributed by atoms with Crippen LogP contribution in [0.5, 0.6) is 0 Å². The van der Waals surface area contributed by atoms with E-state index in [0.717, 1.165) is 0 Å². The van der Waals surface area contributed by atoms with E-state index in [4.69, 9.17) is 0 Å². The maximum atomic E-state index is 10.9. The minimum atomic E-state index is -0.300. The Bertz CT molecular complexity index is 316. The van der Waals surface area contributed by atoms with Crippen LogP contribution in [0.25, 0.3) is 0 Å². The van der Waals surface area contributed by atoms with Gasteiger partial charge >= 0.3 is 0 Å². The topological polar surface area (TPSA) is 46.2 Å². The number of hydrogen-bond acceptors (Lipinski definition) is 2. The molecule has 56 valence electrons. The molecule has 0 fully saturated rings. The van der Waals surface area contributed by atoms with E-state index in [-0.39, 0.29) is 49.6 Å². The fourth-order valence-corrected chi connectivity index (χ4v) is 1.12.